The largest absolute Gasteiger partial charge is 0.495 e. The summed E-state index contributed by atoms with van der Waals surface area (Å²) in [5.74, 6) is 1.64. The monoisotopic (exact) mass is 423 g/mol. The highest BCUT2D eigenvalue weighted by atomic mass is 35.5. The molecule has 0 spiro atoms. The SMILES string of the molecule is COc1cc(OC)c(Cl)c(-c2cc3cnc(Cl)cc3c(NC3CC3)n2)c1Cl. The van der Waals surface area contributed by atoms with Crippen LogP contribution in [0, 0.1) is 0 Å². The van der Waals surface area contributed by atoms with Crippen molar-refractivity contribution in [1.29, 1.82) is 0 Å². The molecule has 0 amide bonds. The summed E-state index contributed by atoms with van der Waals surface area (Å²) in [6.45, 7) is 0. The Morgan fingerprint density at radius 2 is 1.67 bits per heavy atom. The van der Waals surface area contributed by atoms with Crippen LogP contribution in [0.2, 0.25) is 15.2 Å². The zero-order chi connectivity index (χ0) is 19.1. The number of hydrogen-bond acceptors (Lipinski definition) is 5. The topological polar surface area (TPSA) is 56.3 Å². The van der Waals surface area contributed by atoms with Gasteiger partial charge in [0.05, 0.1) is 30.0 Å². The summed E-state index contributed by atoms with van der Waals surface area (Å²) >= 11 is 19.2. The standard InChI is InChI=1S/C19H16Cl3N3O2/c1-26-13-7-14(27-2)18(22)16(17(13)21)12-5-9-8-23-15(20)6-11(9)19(25-12)24-10-3-4-10/h5-8,10H,3-4H2,1-2H3,(H,24,25). The molecule has 1 aromatic carbocycles. The van der Waals surface area contributed by atoms with E-state index in [9.17, 15) is 0 Å². The summed E-state index contributed by atoms with van der Waals surface area (Å²) in [5.41, 5.74) is 1.15. The predicted molar refractivity (Wildman–Crippen MR) is 110 cm³/mol. The Labute approximate surface area is 171 Å². The van der Waals surface area contributed by atoms with E-state index in [0.717, 1.165) is 29.4 Å². The molecular formula is C19H16Cl3N3O2. The van der Waals surface area contributed by atoms with Crippen LogP contribution in [0.25, 0.3) is 22.0 Å². The van der Waals surface area contributed by atoms with Crippen LogP contribution in [-0.4, -0.2) is 30.2 Å². The van der Waals surface area contributed by atoms with Crippen molar-refractivity contribution in [3.63, 3.8) is 0 Å². The Bertz CT molecular complexity index is 1010. The summed E-state index contributed by atoms with van der Waals surface area (Å²) in [4.78, 5) is 8.97. The molecule has 0 bridgehead atoms. The fraction of sp³-hybridized carbons (Fsp3) is 0.263. The van der Waals surface area contributed by atoms with Crippen molar-refractivity contribution in [2.45, 2.75) is 18.9 Å². The predicted octanol–water partition coefficient (Wildman–Crippen LogP) is 5.85. The van der Waals surface area contributed by atoms with Crippen molar-refractivity contribution < 1.29 is 9.47 Å². The van der Waals surface area contributed by atoms with Gasteiger partial charge >= 0.3 is 0 Å². The van der Waals surface area contributed by atoms with Gasteiger partial charge in [-0.15, -0.1) is 0 Å². The van der Waals surface area contributed by atoms with Crippen LogP contribution in [0.4, 0.5) is 5.82 Å². The van der Waals surface area contributed by atoms with Crippen LogP contribution in [0.15, 0.2) is 24.4 Å². The van der Waals surface area contributed by atoms with Crippen molar-refractivity contribution in [2.24, 2.45) is 0 Å². The number of nitrogens with one attached hydrogen (secondary N) is 1. The number of hydrogen-bond donors (Lipinski definition) is 1. The lowest BCUT2D eigenvalue weighted by atomic mass is 10.1. The molecule has 0 aliphatic heterocycles. The molecule has 140 valence electrons. The second kappa shape index (κ2) is 7.23. The van der Waals surface area contributed by atoms with Gasteiger partial charge in [0.1, 0.15) is 22.5 Å². The molecule has 3 aromatic rings. The van der Waals surface area contributed by atoms with Gasteiger partial charge in [-0.2, -0.15) is 0 Å². The minimum Gasteiger partial charge on any atom is -0.495 e. The second-order valence-corrected chi connectivity index (χ2v) is 7.43. The van der Waals surface area contributed by atoms with E-state index in [1.807, 2.05) is 6.07 Å². The zero-order valence-electron chi connectivity index (χ0n) is 14.6. The van der Waals surface area contributed by atoms with Crippen molar-refractivity contribution in [3.8, 4) is 22.8 Å². The smallest absolute Gasteiger partial charge is 0.141 e. The van der Waals surface area contributed by atoms with Crippen molar-refractivity contribution >= 4 is 51.4 Å². The summed E-state index contributed by atoms with van der Waals surface area (Å²) in [7, 11) is 3.08. The van der Waals surface area contributed by atoms with Crippen LogP contribution >= 0.6 is 34.8 Å². The lowest BCUT2D eigenvalue weighted by molar-refractivity contribution is 0.395. The van der Waals surface area contributed by atoms with Gasteiger partial charge in [-0.25, -0.2) is 9.97 Å². The van der Waals surface area contributed by atoms with Gasteiger partial charge in [0.25, 0.3) is 0 Å². The maximum Gasteiger partial charge on any atom is 0.141 e. The number of aromatic nitrogens is 2. The Balaban J connectivity index is 1.98. The fourth-order valence-corrected chi connectivity index (χ4v) is 3.74. The Morgan fingerprint density at radius 3 is 2.26 bits per heavy atom. The molecule has 5 nitrogen and oxygen atoms in total. The Kier molecular flexibility index (Phi) is 4.93. The molecule has 0 radical (unpaired) electrons. The molecule has 8 heteroatoms. The third-order valence-electron chi connectivity index (χ3n) is 4.43. The van der Waals surface area contributed by atoms with Crippen LogP contribution < -0.4 is 14.8 Å². The molecule has 0 saturated heterocycles. The summed E-state index contributed by atoms with van der Waals surface area (Å²) in [6.07, 6.45) is 3.93. The summed E-state index contributed by atoms with van der Waals surface area (Å²) < 4.78 is 10.7. The van der Waals surface area contributed by atoms with Crippen molar-refractivity contribution in [3.05, 3.63) is 39.6 Å². The quantitative estimate of drug-likeness (QED) is 0.521. The number of pyridine rings is 2. The molecule has 4 rings (SSSR count). The molecule has 2 heterocycles. The molecule has 2 aromatic heterocycles. The van der Waals surface area contributed by atoms with E-state index in [4.69, 9.17) is 49.3 Å². The number of fused-ring (bicyclic) bond motifs is 1. The highest BCUT2D eigenvalue weighted by Crippen LogP contribution is 2.46. The number of ether oxygens (including phenoxy) is 2. The van der Waals surface area contributed by atoms with Crippen molar-refractivity contribution in [1.82, 2.24) is 9.97 Å². The average Bonchev–Trinajstić information content (AvgIpc) is 3.47. The first-order valence-electron chi connectivity index (χ1n) is 8.35. The molecule has 1 fully saturated rings. The molecule has 1 saturated carbocycles. The Morgan fingerprint density at radius 1 is 1.00 bits per heavy atom. The lowest BCUT2D eigenvalue weighted by Gasteiger charge is -2.16. The molecule has 1 aliphatic carbocycles. The van der Waals surface area contributed by atoms with E-state index in [1.165, 1.54) is 14.2 Å². The van der Waals surface area contributed by atoms with Gasteiger partial charge in [-0.05, 0) is 25.0 Å². The third-order valence-corrected chi connectivity index (χ3v) is 5.39. The summed E-state index contributed by atoms with van der Waals surface area (Å²) in [6, 6.07) is 5.74. The summed E-state index contributed by atoms with van der Waals surface area (Å²) in [5, 5.41) is 6.37. The average molecular weight is 425 g/mol. The van der Waals surface area contributed by atoms with Crippen LogP contribution in [0.3, 0.4) is 0 Å². The zero-order valence-corrected chi connectivity index (χ0v) is 16.9. The number of methoxy groups -OCH3 is 2. The van der Waals surface area contributed by atoms with Gasteiger partial charge in [-0.3, -0.25) is 0 Å². The second-order valence-electron chi connectivity index (χ2n) is 6.29. The van der Waals surface area contributed by atoms with Crippen LogP contribution in [0.1, 0.15) is 12.8 Å². The van der Waals surface area contributed by atoms with E-state index >= 15 is 0 Å². The van der Waals surface area contributed by atoms with Crippen molar-refractivity contribution in [2.75, 3.05) is 19.5 Å². The van der Waals surface area contributed by atoms with E-state index < -0.39 is 0 Å². The molecule has 1 N–H and O–H groups in total. The maximum absolute atomic E-state index is 6.56. The molecule has 27 heavy (non-hydrogen) atoms. The molecular weight excluding hydrogens is 409 g/mol. The number of nitrogens with zero attached hydrogens (tertiary/aromatic N) is 2. The van der Waals surface area contributed by atoms with E-state index in [0.29, 0.717) is 44.0 Å². The highest BCUT2D eigenvalue weighted by Gasteiger charge is 2.25. The van der Waals surface area contributed by atoms with E-state index in [-0.39, 0.29) is 0 Å². The minimum absolute atomic E-state index is 0.370. The maximum atomic E-state index is 6.56. The first-order valence-corrected chi connectivity index (χ1v) is 9.48. The fourth-order valence-electron chi connectivity index (χ4n) is 2.89. The van der Waals surface area contributed by atoms with E-state index in [1.54, 1.807) is 18.3 Å². The van der Waals surface area contributed by atoms with Gasteiger partial charge in [-0.1, -0.05) is 34.8 Å². The number of rotatable bonds is 5. The van der Waals surface area contributed by atoms with Gasteiger partial charge in [0, 0.05) is 34.6 Å². The first kappa shape index (κ1) is 18.4. The number of benzene rings is 1. The molecule has 0 atom stereocenters. The third kappa shape index (κ3) is 3.47. The normalized spacial score (nSPS) is 13.7. The Hall–Kier alpha value is -1.95. The number of anilines is 1. The molecule has 0 unspecified atom stereocenters. The first-order chi connectivity index (χ1) is 13.0. The minimum atomic E-state index is 0.370. The van der Waals surface area contributed by atoms with Gasteiger partial charge in [0.15, 0.2) is 0 Å². The van der Waals surface area contributed by atoms with Crippen LogP contribution in [0.5, 0.6) is 11.5 Å². The highest BCUT2D eigenvalue weighted by molar-refractivity contribution is 6.41. The number of halogens is 3. The van der Waals surface area contributed by atoms with Crippen LogP contribution in [-0.2, 0) is 0 Å². The molecule has 1 aliphatic rings. The van der Waals surface area contributed by atoms with Gasteiger partial charge in [0.2, 0.25) is 0 Å². The van der Waals surface area contributed by atoms with E-state index in [2.05, 4.69) is 10.3 Å². The van der Waals surface area contributed by atoms with Gasteiger partial charge < -0.3 is 14.8 Å². The lowest BCUT2D eigenvalue weighted by Crippen LogP contribution is -2.05.